The average Bonchev–Trinajstić information content (AvgIpc) is 3.16. The average molecular weight is 475 g/mol. The molecular formula is C26H30N6O3. The number of aromatic nitrogens is 3. The van der Waals surface area contributed by atoms with Gasteiger partial charge in [-0.2, -0.15) is 0 Å². The van der Waals surface area contributed by atoms with Crippen LogP contribution >= 0.6 is 0 Å². The van der Waals surface area contributed by atoms with Crippen molar-refractivity contribution in [1.29, 1.82) is 0 Å². The normalized spacial score (nSPS) is 22.4. The zero-order valence-corrected chi connectivity index (χ0v) is 19.6. The number of amides is 2. The van der Waals surface area contributed by atoms with Crippen LogP contribution in [0.2, 0.25) is 0 Å². The third-order valence-corrected chi connectivity index (χ3v) is 8.23. The summed E-state index contributed by atoms with van der Waals surface area (Å²) >= 11 is 0. The second-order valence-electron chi connectivity index (χ2n) is 10.5. The minimum absolute atomic E-state index is 0.235. The second kappa shape index (κ2) is 8.25. The van der Waals surface area contributed by atoms with Crippen molar-refractivity contribution >= 4 is 34.4 Å². The van der Waals surface area contributed by atoms with Gasteiger partial charge in [-0.25, -0.2) is 9.78 Å². The number of nitrogens with zero attached hydrogens (tertiary/aromatic N) is 3. The summed E-state index contributed by atoms with van der Waals surface area (Å²) in [6.07, 6.45) is 8.30. The molecule has 3 fully saturated rings. The van der Waals surface area contributed by atoms with E-state index in [0.717, 1.165) is 43.6 Å². The van der Waals surface area contributed by atoms with E-state index < -0.39 is 11.9 Å². The highest BCUT2D eigenvalue weighted by molar-refractivity contribution is 6.00. The van der Waals surface area contributed by atoms with Crippen LogP contribution in [0.25, 0.3) is 11.0 Å². The van der Waals surface area contributed by atoms with Crippen LogP contribution < -0.4 is 21.6 Å². The molecule has 0 radical (unpaired) electrons. The van der Waals surface area contributed by atoms with Gasteiger partial charge in [-0.05, 0) is 73.6 Å². The lowest BCUT2D eigenvalue weighted by molar-refractivity contribution is -0.135. The summed E-state index contributed by atoms with van der Waals surface area (Å²) in [6, 6.07) is 9.14. The number of benzene rings is 1. The molecule has 4 heterocycles. The van der Waals surface area contributed by atoms with Crippen molar-refractivity contribution in [3.63, 3.8) is 0 Å². The Labute approximate surface area is 202 Å². The summed E-state index contributed by atoms with van der Waals surface area (Å²) in [5.74, 6) is 0.568. The van der Waals surface area contributed by atoms with E-state index in [2.05, 4.69) is 26.3 Å². The molecule has 4 N–H and O–H groups in total. The van der Waals surface area contributed by atoms with Crippen molar-refractivity contribution < 1.29 is 9.59 Å². The number of carbonyl (C=O) groups is 2. The number of H-pyrrole nitrogens is 1. The summed E-state index contributed by atoms with van der Waals surface area (Å²) in [5.41, 5.74) is 9.55. The van der Waals surface area contributed by atoms with Crippen molar-refractivity contribution in [2.75, 3.05) is 23.7 Å². The Balaban J connectivity index is 1.15. The Morgan fingerprint density at radius 1 is 1.09 bits per heavy atom. The predicted molar refractivity (Wildman–Crippen MR) is 133 cm³/mol. The number of para-hydroxylation sites is 1. The number of piperidine rings is 2. The zero-order valence-electron chi connectivity index (χ0n) is 19.6. The number of nitrogen functional groups attached to an aromatic ring is 1. The highest BCUT2D eigenvalue weighted by Gasteiger charge is 2.45. The van der Waals surface area contributed by atoms with E-state index in [9.17, 15) is 14.4 Å². The Bertz CT molecular complexity index is 1340. The fourth-order valence-corrected chi connectivity index (χ4v) is 6.46. The number of hydrogen-bond acceptors (Lipinski definition) is 6. The second-order valence-corrected chi connectivity index (χ2v) is 10.5. The van der Waals surface area contributed by atoms with Crippen LogP contribution in [0.15, 0.2) is 41.3 Å². The van der Waals surface area contributed by atoms with Crippen molar-refractivity contribution in [3.8, 4) is 0 Å². The molecule has 2 aromatic heterocycles. The first kappa shape index (κ1) is 21.9. The predicted octanol–water partition coefficient (Wildman–Crippen LogP) is 2.52. The lowest BCUT2D eigenvalue weighted by Crippen LogP contribution is -2.47. The first-order valence-corrected chi connectivity index (χ1v) is 12.4. The Morgan fingerprint density at radius 3 is 2.60 bits per heavy atom. The van der Waals surface area contributed by atoms with Gasteiger partial charge in [0.1, 0.15) is 11.9 Å². The maximum Gasteiger partial charge on any atom is 0.327 e. The van der Waals surface area contributed by atoms with Gasteiger partial charge in [0.25, 0.3) is 0 Å². The maximum atomic E-state index is 12.9. The molecule has 2 aliphatic heterocycles. The van der Waals surface area contributed by atoms with Gasteiger partial charge in [-0.15, -0.1) is 0 Å². The molecule has 3 aliphatic rings. The van der Waals surface area contributed by atoms with Crippen LogP contribution in [0.5, 0.6) is 0 Å². The topological polar surface area (TPSA) is 126 Å². The number of fused-ring (bicyclic) bond motifs is 1. The molecule has 1 aliphatic carbocycles. The Morgan fingerprint density at radius 2 is 1.89 bits per heavy atom. The number of pyridine rings is 1. The SMILES string of the molecule is Nc1ccc(CC2CC3(CCN(c4cccc5c4[nH]c(=O)n5C4CCC(=O)NC4=O)CC3)C2)cn1. The van der Waals surface area contributed by atoms with Crippen molar-refractivity contribution in [2.24, 2.45) is 11.3 Å². The number of aromatic amines is 1. The van der Waals surface area contributed by atoms with Gasteiger partial charge in [-0.3, -0.25) is 19.5 Å². The van der Waals surface area contributed by atoms with Gasteiger partial charge < -0.3 is 15.6 Å². The number of carbonyl (C=O) groups excluding carboxylic acids is 2. The number of nitrogens with two attached hydrogens (primary N) is 1. The quantitative estimate of drug-likeness (QED) is 0.499. The van der Waals surface area contributed by atoms with Crippen LogP contribution in [-0.2, 0) is 16.0 Å². The molecule has 1 saturated carbocycles. The minimum Gasteiger partial charge on any atom is -0.384 e. The van der Waals surface area contributed by atoms with Crippen LogP contribution in [0.1, 0.15) is 50.1 Å². The minimum atomic E-state index is -0.669. The molecule has 9 nitrogen and oxygen atoms in total. The molecule has 1 aromatic carbocycles. The first-order valence-electron chi connectivity index (χ1n) is 12.4. The van der Waals surface area contributed by atoms with Crippen LogP contribution in [0.4, 0.5) is 11.5 Å². The lowest BCUT2D eigenvalue weighted by atomic mass is 9.56. The molecule has 182 valence electrons. The standard InChI is InChI=1S/C26H30N6O3/c27-21-6-4-16(15-28-21)12-17-13-26(14-17)8-10-31(11-9-26)18-2-1-3-19-23(18)30-25(35)32(19)20-5-7-22(33)29-24(20)34/h1-4,6,15,17,20H,5,7-14H2,(H2,27,28)(H,30,35)(H,29,33,34). The van der Waals surface area contributed by atoms with Gasteiger partial charge in [-0.1, -0.05) is 12.1 Å². The van der Waals surface area contributed by atoms with E-state index in [1.54, 1.807) is 0 Å². The Hall–Kier alpha value is -3.62. The van der Waals surface area contributed by atoms with E-state index in [1.807, 2.05) is 30.5 Å². The fourth-order valence-electron chi connectivity index (χ4n) is 6.46. The van der Waals surface area contributed by atoms with Crippen molar-refractivity contribution in [1.82, 2.24) is 19.9 Å². The van der Waals surface area contributed by atoms with E-state index >= 15 is 0 Å². The molecule has 1 atom stereocenters. The summed E-state index contributed by atoms with van der Waals surface area (Å²) in [7, 11) is 0. The number of hydrogen-bond donors (Lipinski definition) is 3. The first-order chi connectivity index (χ1) is 16.9. The summed E-state index contributed by atoms with van der Waals surface area (Å²) in [5, 5.41) is 2.36. The number of imide groups is 1. The van der Waals surface area contributed by atoms with E-state index in [-0.39, 0.29) is 18.0 Å². The third kappa shape index (κ3) is 3.88. The van der Waals surface area contributed by atoms with Gasteiger partial charge in [0, 0.05) is 25.7 Å². The van der Waals surface area contributed by atoms with Crippen LogP contribution in [0.3, 0.4) is 0 Å². The van der Waals surface area contributed by atoms with Crippen molar-refractivity contribution in [2.45, 2.75) is 51.0 Å². The molecule has 2 saturated heterocycles. The number of imidazole rings is 1. The molecule has 6 rings (SSSR count). The summed E-state index contributed by atoms with van der Waals surface area (Å²) in [6.45, 7) is 1.89. The van der Waals surface area contributed by atoms with Crippen molar-refractivity contribution in [3.05, 3.63) is 52.6 Å². The molecular weight excluding hydrogens is 444 g/mol. The largest absolute Gasteiger partial charge is 0.384 e. The molecule has 2 amide bonds. The number of rotatable bonds is 4. The summed E-state index contributed by atoms with van der Waals surface area (Å²) < 4.78 is 1.51. The van der Waals surface area contributed by atoms with E-state index in [0.29, 0.717) is 29.1 Å². The zero-order chi connectivity index (χ0) is 24.2. The van der Waals surface area contributed by atoms with E-state index in [1.165, 1.54) is 23.0 Å². The molecule has 1 unspecified atom stereocenters. The highest BCUT2D eigenvalue weighted by Crippen LogP contribution is 2.54. The van der Waals surface area contributed by atoms with E-state index in [4.69, 9.17) is 5.73 Å². The highest BCUT2D eigenvalue weighted by atomic mass is 16.2. The van der Waals surface area contributed by atoms with Gasteiger partial charge in [0.05, 0.1) is 16.7 Å². The Kier molecular flexibility index (Phi) is 5.16. The third-order valence-electron chi connectivity index (χ3n) is 8.23. The van der Waals surface area contributed by atoms with Crippen LogP contribution in [-0.4, -0.2) is 39.4 Å². The maximum absolute atomic E-state index is 12.9. The molecule has 0 bridgehead atoms. The summed E-state index contributed by atoms with van der Waals surface area (Å²) in [4.78, 5) is 46.4. The monoisotopic (exact) mass is 474 g/mol. The lowest BCUT2D eigenvalue weighted by Gasteiger charge is -2.53. The fraction of sp³-hybridized carbons (Fsp3) is 0.462. The van der Waals surface area contributed by atoms with Gasteiger partial charge in [0.15, 0.2) is 0 Å². The number of anilines is 2. The molecule has 9 heteroatoms. The smallest absolute Gasteiger partial charge is 0.327 e. The molecule has 1 spiro atoms. The number of nitrogens with one attached hydrogen (secondary N) is 2. The van der Waals surface area contributed by atoms with Gasteiger partial charge >= 0.3 is 5.69 Å². The van der Waals surface area contributed by atoms with Gasteiger partial charge in [0.2, 0.25) is 11.8 Å². The van der Waals surface area contributed by atoms with Crippen LogP contribution in [0, 0.1) is 11.3 Å². The molecule has 3 aromatic rings. The molecule has 35 heavy (non-hydrogen) atoms.